The molecule has 6 nitrogen and oxygen atoms in total. The van der Waals surface area contributed by atoms with Gasteiger partial charge in [-0.05, 0) is 44.6 Å². The fraction of sp³-hybridized carbons (Fsp3) is 0.636. The summed E-state index contributed by atoms with van der Waals surface area (Å²) in [7, 11) is 0. The van der Waals surface area contributed by atoms with Crippen molar-refractivity contribution < 1.29 is 9.59 Å². The van der Waals surface area contributed by atoms with E-state index in [1.165, 1.54) is 5.56 Å². The molecule has 1 saturated carbocycles. The predicted molar refractivity (Wildman–Crippen MR) is 109 cm³/mol. The molecule has 4 rings (SSSR count). The van der Waals surface area contributed by atoms with Crippen LogP contribution in [0.4, 0.5) is 4.79 Å². The quantitative estimate of drug-likeness (QED) is 0.868. The molecule has 0 bridgehead atoms. The van der Waals surface area contributed by atoms with Gasteiger partial charge in [0.1, 0.15) is 6.04 Å². The van der Waals surface area contributed by atoms with Crippen LogP contribution in [0.1, 0.15) is 44.6 Å². The molecule has 0 spiro atoms. The van der Waals surface area contributed by atoms with Crippen molar-refractivity contribution in [2.45, 2.75) is 63.7 Å². The Labute approximate surface area is 167 Å². The van der Waals surface area contributed by atoms with Gasteiger partial charge in [-0.15, -0.1) is 0 Å². The minimum Gasteiger partial charge on any atom is -0.338 e. The molecular weight excluding hydrogens is 352 g/mol. The Kier molecular flexibility index (Phi) is 5.85. The molecule has 6 heteroatoms. The molecular formula is C22H32N4O2. The van der Waals surface area contributed by atoms with Crippen molar-refractivity contribution in [1.29, 1.82) is 0 Å². The van der Waals surface area contributed by atoms with Crippen molar-refractivity contribution in [3.63, 3.8) is 0 Å². The average Bonchev–Trinajstić information content (AvgIpc) is 3.54. The monoisotopic (exact) mass is 384 g/mol. The lowest BCUT2D eigenvalue weighted by Gasteiger charge is -2.34. The number of rotatable bonds is 4. The topological polar surface area (TPSA) is 55.9 Å². The second kappa shape index (κ2) is 8.52. The highest BCUT2D eigenvalue weighted by molar-refractivity contribution is 5.88. The maximum Gasteiger partial charge on any atom is 0.318 e. The predicted octanol–water partition coefficient (Wildman–Crippen LogP) is 2.45. The molecule has 2 unspecified atom stereocenters. The summed E-state index contributed by atoms with van der Waals surface area (Å²) in [6.07, 6.45) is 4.93. The first-order valence-corrected chi connectivity index (χ1v) is 10.8. The van der Waals surface area contributed by atoms with Crippen molar-refractivity contribution >= 4 is 11.9 Å². The third-order valence-electron chi connectivity index (χ3n) is 6.37. The first kappa shape index (κ1) is 19.2. The summed E-state index contributed by atoms with van der Waals surface area (Å²) in [5.41, 5.74) is 1.31. The number of hydrogen-bond acceptors (Lipinski definition) is 3. The normalized spacial score (nSPS) is 26.8. The number of nitrogens with zero attached hydrogens (tertiary/aromatic N) is 3. The van der Waals surface area contributed by atoms with E-state index >= 15 is 0 Å². The number of nitrogens with one attached hydrogen (secondary N) is 1. The van der Waals surface area contributed by atoms with Gasteiger partial charge in [0.2, 0.25) is 5.91 Å². The van der Waals surface area contributed by atoms with Crippen molar-refractivity contribution in [1.82, 2.24) is 20.0 Å². The van der Waals surface area contributed by atoms with Crippen LogP contribution in [-0.4, -0.2) is 70.9 Å². The summed E-state index contributed by atoms with van der Waals surface area (Å²) < 4.78 is 0. The summed E-state index contributed by atoms with van der Waals surface area (Å²) in [6.45, 7) is 6.31. The van der Waals surface area contributed by atoms with Gasteiger partial charge < -0.3 is 15.1 Å². The van der Waals surface area contributed by atoms with Crippen LogP contribution < -0.4 is 5.32 Å². The van der Waals surface area contributed by atoms with E-state index in [0.29, 0.717) is 18.6 Å². The Morgan fingerprint density at radius 1 is 1.04 bits per heavy atom. The molecule has 3 aliphatic rings. The molecule has 2 aliphatic heterocycles. The van der Waals surface area contributed by atoms with Crippen molar-refractivity contribution in [2.24, 2.45) is 0 Å². The molecule has 2 heterocycles. The molecule has 1 aromatic carbocycles. The van der Waals surface area contributed by atoms with E-state index < -0.39 is 0 Å². The second-order valence-corrected chi connectivity index (χ2v) is 8.49. The van der Waals surface area contributed by atoms with Crippen LogP contribution in [0.3, 0.4) is 0 Å². The Morgan fingerprint density at radius 2 is 1.82 bits per heavy atom. The van der Waals surface area contributed by atoms with Crippen LogP contribution in [0.15, 0.2) is 30.3 Å². The van der Waals surface area contributed by atoms with Crippen LogP contribution in [0.5, 0.6) is 0 Å². The van der Waals surface area contributed by atoms with Crippen LogP contribution in [-0.2, 0) is 11.3 Å². The number of likely N-dealkylation sites (tertiary alicyclic amines) is 1. The smallest absolute Gasteiger partial charge is 0.318 e. The Balaban J connectivity index is 1.32. The molecule has 152 valence electrons. The minimum atomic E-state index is -0.344. The van der Waals surface area contributed by atoms with Crippen molar-refractivity contribution in [2.75, 3.05) is 26.2 Å². The van der Waals surface area contributed by atoms with Gasteiger partial charge in [-0.3, -0.25) is 9.69 Å². The van der Waals surface area contributed by atoms with Gasteiger partial charge in [0.15, 0.2) is 0 Å². The Morgan fingerprint density at radius 3 is 2.57 bits per heavy atom. The van der Waals surface area contributed by atoms with E-state index in [0.717, 1.165) is 58.3 Å². The van der Waals surface area contributed by atoms with Crippen LogP contribution in [0.25, 0.3) is 0 Å². The van der Waals surface area contributed by atoms with E-state index in [1.807, 2.05) is 15.9 Å². The SMILES string of the molecule is CC1CCN(C(=O)NC2CCCN(C3CC3)C2=O)CCN1Cc1ccccc1. The Hall–Kier alpha value is -2.08. The van der Waals surface area contributed by atoms with E-state index in [2.05, 4.69) is 41.4 Å². The number of hydrogen-bond donors (Lipinski definition) is 1. The van der Waals surface area contributed by atoms with Gasteiger partial charge in [0.25, 0.3) is 0 Å². The highest BCUT2D eigenvalue weighted by atomic mass is 16.2. The maximum absolute atomic E-state index is 12.9. The van der Waals surface area contributed by atoms with Crippen LogP contribution >= 0.6 is 0 Å². The van der Waals surface area contributed by atoms with E-state index in [1.54, 1.807) is 0 Å². The van der Waals surface area contributed by atoms with E-state index in [9.17, 15) is 9.59 Å². The van der Waals surface area contributed by atoms with Crippen molar-refractivity contribution in [3.05, 3.63) is 35.9 Å². The standard InChI is InChI=1S/C22H32N4O2/c1-17-11-13-24(14-15-25(17)16-18-6-3-2-4-7-18)22(28)23-20-8-5-12-26(21(20)27)19-9-10-19/h2-4,6-7,17,19-20H,5,8-16H2,1H3,(H,23,28). The van der Waals surface area contributed by atoms with Crippen LogP contribution in [0.2, 0.25) is 0 Å². The fourth-order valence-corrected chi connectivity index (χ4v) is 4.39. The fourth-order valence-electron chi connectivity index (χ4n) is 4.39. The van der Waals surface area contributed by atoms with Gasteiger partial charge in [-0.1, -0.05) is 30.3 Å². The van der Waals surface area contributed by atoms with Crippen LogP contribution in [0, 0.1) is 0 Å². The van der Waals surface area contributed by atoms with Gasteiger partial charge in [-0.2, -0.15) is 0 Å². The molecule has 0 radical (unpaired) electrons. The van der Waals surface area contributed by atoms with Crippen molar-refractivity contribution in [3.8, 4) is 0 Å². The maximum atomic E-state index is 12.9. The highest BCUT2D eigenvalue weighted by Crippen LogP contribution is 2.30. The lowest BCUT2D eigenvalue weighted by atomic mass is 10.0. The summed E-state index contributed by atoms with van der Waals surface area (Å²) in [5, 5.41) is 3.04. The molecule has 1 N–H and O–H groups in total. The van der Waals surface area contributed by atoms with Gasteiger partial charge in [-0.25, -0.2) is 4.79 Å². The number of carbonyl (C=O) groups is 2. The zero-order valence-corrected chi connectivity index (χ0v) is 16.8. The first-order valence-electron chi connectivity index (χ1n) is 10.8. The first-order chi connectivity index (χ1) is 13.6. The molecule has 0 aromatic heterocycles. The molecule has 28 heavy (non-hydrogen) atoms. The zero-order chi connectivity index (χ0) is 19.5. The number of carbonyl (C=O) groups excluding carboxylic acids is 2. The van der Waals surface area contributed by atoms with Gasteiger partial charge in [0.05, 0.1) is 0 Å². The summed E-state index contributed by atoms with van der Waals surface area (Å²) in [6, 6.07) is 10.9. The van der Waals surface area contributed by atoms with Gasteiger partial charge >= 0.3 is 6.03 Å². The van der Waals surface area contributed by atoms with E-state index in [4.69, 9.17) is 0 Å². The second-order valence-electron chi connectivity index (χ2n) is 8.49. The number of urea groups is 1. The largest absolute Gasteiger partial charge is 0.338 e. The highest BCUT2D eigenvalue weighted by Gasteiger charge is 2.39. The minimum absolute atomic E-state index is 0.0789. The summed E-state index contributed by atoms with van der Waals surface area (Å²) >= 11 is 0. The summed E-state index contributed by atoms with van der Waals surface area (Å²) in [5.74, 6) is 0.121. The third kappa shape index (κ3) is 4.49. The number of benzene rings is 1. The lowest BCUT2D eigenvalue weighted by molar-refractivity contribution is -0.136. The zero-order valence-electron chi connectivity index (χ0n) is 16.8. The molecule has 1 aliphatic carbocycles. The third-order valence-corrected chi connectivity index (χ3v) is 6.37. The Bertz CT molecular complexity index is 691. The summed E-state index contributed by atoms with van der Waals surface area (Å²) in [4.78, 5) is 31.9. The van der Waals surface area contributed by atoms with E-state index in [-0.39, 0.29) is 18.0 Å². The van der Waals surface area contributed by atoms with Gasteiger partial charge in [0, 0.05) is 44.8 Å². The average molecular weight is 385 g/mol. The molecule has 3 fully saturated rings. The molecule has 2 saturated heterocycles. The molecule has 2 atom stereocenters. The number of piperidine rings is 1. The number of amides is 3. The molecule has 3 amide bonds. The lowest BCUT2D eigenvalue weighted by Crippen LogP contribution is -2.55. The molecule has 1 aromatic rings.